The quantitative estimate of drug-likeness (QED) is 0.928. The Morgan fingerprint density at radius 2 is 2.00 bits per heavy atom. The molecule has 1 aliphatic carbocycles. The molecular formula is C16H22ClN3O. The molecule has 0 saturated heterocycles. The normalized spacial score (nSPS) is 22.0. The first-order valence-electron chi connectivity index (χ1n) is 7.44. The van der Waals surface area contributed by atoms with Crippen LogP contribution in [0.4, 0.5) is 0 Å². The molecule has 0 unspecified atom stereocenters. The van der Waals surface area contributed by atoms with Crippen molar-refractivity contribution in [3.05, 3.63) is 40.4 Å². The SMILES string of the molecule is CCc1ccc2ncn(C3CCC(N)CC3)c(=O)c2c1.Cl. The molecule has 1 fully saturated rings. The maximum Gasteiger partial charge on any atom is 0.261 e. The molecule has 21 heavy (non-hydrogen) atoms. The summed E-state index contributed by atoms with van der Waals surface area (Å²) in [7, 11) is 0. The average molecular weight is 308 g/mol. The lowest BCUT2D eigenvalue weighted by Crippen LogP contribution is -2.32. The lowest BCUT2D eigenvalue weighted by Gasteiger charge is -2.27. The Kier molecular flexibility index (Phi) is 5.01. The largest absolute Gasteiger partial charge is 0.328 e. The predicted octanol–water partition coefficient (Wildman–Crippen LogP) is 2.82. The van der Waals surface area contributed by atoms with Gasteiger partial charge in [0.15, 0.2) is 0 Å². The average Bonchev–Trinajstić information content (AvgIpc) is 2.49. The Morgan fingerprint density at radius 1 is 1.29 bits per heavy atom. The first-order valence-corrected chi connectivity index (χ1v) is 7.44. The number of hydrogen-bond acceptors (Lipinski definition) is 3. The van der Waals surface area contributed by atoms with Gasteiger partial charge in [0.1, 0.15) is 0 Å². The van der Waals surface area contributed by atoms with Crippen LogP contribution in [0.15, 0.2) is 29.3 Å². The van der Waals surface area contributed by atoms with Crippen molar-refractivity contribution < 1.29 is 0 Å². The Bertz CT molecular complexity index is 675. The van der Waals surface area contributed by atoms with Crippen LogP contribution in [-0.2, 0) is 6.42 Å². The van der Waals surface area contributed by atoms with Gasteiger partial charge in [-0.05, 0) is 49.8 Å². The molecule has 1 aromatic carbocycles. The maximum absolute atomic E-state index is 12.7. The van der Waals surface area contributed by atoms with Crippen molar-refractivity contribution in [2.45, 2.75) is 51.1 Å². The van der Waals surface area contributed by atoms with Gasteiger partial charge in [-0.25, -0.2) is 4.98 Å². The Balaban J connectivity index is 0.00000161. The highest BCUT2D eigenvalue weighted by Gasteiger charge is 2.21. The minimum absolute atomic E-state index is 0. The third kappa shape index (κ3) is 3.11. The summed E-state index contributed by atoms with van der Waals surface area (Å²) in [4.78, 5) is 17.1. The molecule has 5 heteroatoms. The van der Waals surface area contributed by atoms with Crippen LogP contribution < -0.4 is 11.3 Å². The van der Waals surface area contributed by atoms with Gasteiger partial charge >= 0.3 is 0 Å². The summed E-state index contributed by atoms with van der Waals surface area (Å²) in [6.45, 7) is 2.10. The van der Waals surface area contributed by atoms with Crippen LogP contribution in [0.1, 0.15) is 44.2 Å². The van der Waals surface area contributed by atoms with Crippen LogP contribution in [0, 0.1) is 0 Å². The van der Waals surface area contributed by atoms with E-state index in [0.717, 1.165) is 43.0 Å². The standard InChI is InChI=1S/C16H21N3O.ClH/c1-2-11-3-8-15-14(9-11)16(20)19(10-18-15)13-6-4-12(17)5-7-13;/h3,8-10,12-13H,2,4-7,17H2,1H3;1H. The zero-order chi connectivity index (χ0) is 14.1. The number of nitrogens with zero attached hydrogens (tertiary/aromatic N) is 2. The van der Waals surface area contributed by atoms with E-state index in [9.17, 15) is 4.79 Å². The molecule has 1 saturated carbocycles. The van der Waals surface area contributed by atoms with E-state index in [0.29, 0.717) is 6.04 Å². The van der Waals surface area contributed by atoms with E-state index in [1.54, 1.807) is 6.33 Å². The Morgan fingerprint density at radius 3 is 2.67 bits per heavy atom. The fourth-order valence-electron chi connectivity index (χ4n) is 3.04. The number of aromatic nitrogens is 2. The topological polar surface area (TPSA) is 60.9 Å². The minimum atomic E-state index is 0. The fraction of sp³-hybridized carbons (Fsp3) is 0.500. The van der Waals surface area contributed by atoms with Gasteiger partial charge in [0, 0.05) is 12.1 Å². The molecule has 0 amide bonds. The van der Waals surface area contributed by atoms with Gasteiger partial charge < -0.3 is 5.73 Å². The zero-order valence-corrected chi connectivity index (χ0v) is 13.1. The van der Waals surface area contributed by atoms with Crippen molar-refractivity contribution in [3.63, 3.8) is 0 Å². The zero-order valence-electron chi connectivity index (χ0n) is 12.3. The molecule has 0 bridgehead atoms. The van der Waals surface area contributed by atoms with Gasteiger partial charge in [-0.2, -0.15) is 0 Å². The smallest absolute Gasteiger partial charge is 0.261 e. The number of nitrogens with two attached hydrogens (primary N) is 1. The summed E-state index contributed by atoms with van der Waals surface area (Å²) in [5.41, 5.74) is 8.00. The number of aryl methyl sites for hydroxylation is 1. The van der Waals surface area contributed by atoms with Crippen molar-refractivity contribution in [1.82, 2.24) is 9.55 Å². The van der Waals surface area contributed by atoms with Crippen LogP contribution in [-0.4, -0.2) is 15.6 Å². The first-order chi connectivity index (χ1) is 9.69. The van der Waals surface area contributed by atoms with Gasteiger partial charge in [-0.15, -0.1) is 12.4 Å². The number of halogens is 1. The van der Waals surface area contributed by atoms with Crippen LogP contribution in [0.25, 0.3) is 10.9 Å². The van der Waals surface area contributed by atoms with E-state index in [2.05, 4.69) is 11.9 Å². The van der Waals surface area contributed by atoms with Crippen LogP contribution >= 0.6 is 12.4 Å². The van der Waals surface area contributed by atoms with E-state index in [-0.39, 0.29) is 24.0 Å². The van der Waals surface area contributed by atoms with E-state index in [4.69, 9.17) is 5.73 Å². The van der Waals surface area contributed by atoms with E-state index < -0.39 is 0 Å². The van der Waals surface area contributed by atoms with Crippen LogP contribution in [0.5, 0.6) is 0 Å². The molecule has 0 radical (unpaired) electrons. The van der Waals surface area contributed by atoms with E-state index >= 15 is 0 Å². The monoisotopic (exact) mass is 307 g/mol. The maximum atomic E-state index is 12.7. The second-order valence-corrected chi connectivity index (χ2v) is 5.73. The molecule has 3 rings (SSSR count). The molecule has 1 aliphatic rings. The van der Waals surface area contributed by atoms with E-state index in [1.807, 2.05) is 22.8 Å². The minimum Gasteiger partial charge on any atom is -0.328 e. The third-order valence-electron chi connectivity index (χ3n) is 4.39. The number of benzene rings is 1. The summed E-state index contributed by atoms with van der Waals surface area (Å²) in [5, 5.41) is 0.738. The Hall–Kier alpha value is -1.39. The molecule has 4 nitrogen and oxygen atoms in total. The molecule has 1 heterocycles. The van der Waals surface area contributed by atoms with Crippen LogP contribution in [0.3, 0.4) is 0 Å². The fourth-order valence-corrected chi connectivity index (χ4v) is 3.04. The van der Waals surface area contributed by atoms with Crippen molar-refractivity contribution >= 4 is 23.3 Å². The predicted molar refractivity (Wildman–Crippen MR) is 88.1 cm³/mol. The summed E-state index contributed by atoms with van der Waals surface area (Å²) in [6.07, 6.45) is 6.57. The summed E-state index contributed by atoms with van der Waals surface area (Å²) in [6, 6.07) is 6.51. The highest BCUT2D eigenvalue weighted by Crippen LogP contribution is 2.26. The highest BCUT2D eigenvalue weighted by atomic mass is 35.5. The van der Waals surface area contributed by atoms with E-state index in [1.165, 1.54) is 5.56 Å². The second kappa shape index (κ2) is 6.58. The van der Waals surface area contributed by atoms with Crippen molar-refractivity contribution in [2.24, 2.45) is 5.73 Å². The lowest BCUT2D eigenvalue weighted by molar-refractivity contribution is 0.317. The van der Waals surface area contributed by atoms with Crippen LogP contribution in [0.2, 0.25) is 0 Å². The van der Waals surface area contributed by atoms with Gasteiger partial charge in [-0.3, -0.25) is 9.36 Å². The lowest BCUT2D eigenvalue weighted by atomic mass is 9.91. The molecule has 1 aromatic heterocycles. The molecule has 0 aliphatic heterocycles. The number of hydrogen-bond donors (Lipinski definition) is 1. The van der Waals surface area contributed by atoms with Crippen molar-refractivity contribution in [3.8, 4) is 0 Å². The summed E-state index contributed by atoms with van der Waals surface area (Å²) in [5.74, 6) is 0. The second-order valence-electron chi connectivity index (χ2n) is 5.73. The molecule has 2 N–H and O–H groups in total. The third-order valence-corrected chi connectivity index (χ3v) is 4.39. The van der Waals surface area contributed by atoms with Gasteiger partial charge in [-0.1, -0.05) is 13.0 Å². The summed E-state index contributed by atoms with van der Waals surface area (Å²) >= 11 is 0. The molecule has 2 aromatic rings. The number of rotatable bonds is 2. The first kappa shape index (κ1) is 16.0. The van der Waals surface area contributed by atoms with Crippen molar-refractivity contribution in [2.75, 3.05) is 0 Å². The highest BCUT2D eigenvalue weighted by molar-refractivity contribution is 5.85. The van der Waals surface area contributed by atoms with Crippen molar-refractivity contribution in [1.29, 1.82) is 0 Å². The van der Waals surface area contributed by atoms with Gasteiger partial charge in [0.2, 0.25) is 0 Å². The molecule has 114 valence electrons. The molecular weight excluding hydrogens is 286 g/mol. The van der Waals surface area contributed by atoms with Gasteiger partial charge in [0.25, 0.3) is 5.56 Å². The van der Waals surface area contributed by atoms with Gasteiger partial charge in [0.05, 0.1) is 17.2 Å². The summed E-state index contributed by atoms with van der Waals surface area (Å²) < 4.78 is 1.81. The molecule has 0 spiro atoms. The Labute approximate surface area is 130 Å². The number of fused-ring (bicyclic) bond motifs is 1. The molecule has 0 atom stereocenters.